The lowest BCUT2D eigenvalue weighted by Gasteiger charge is -2.25. The van der Waals surface area contributed by atoms with Crippen LogP contribution in [0.2, 0.25) is 5.02 Å². The number of rotatable bonds is 6. The number of fused-ring (bicyclic) bond motifs is 1. The van der Waals surface area contributed by atoms with Gasteiger partial charge in [0.15, 0.2) is 15.6 Å². The molecule has 0 saturated heterocycles. The predicted molar refractivity (Wildman–Crippen MR) is 117 cm³/mol. The van der Waals surface area contributed by atoms with Crippen molar-refractivity contribution in [3.05, 3.63) is 76.1 Å². The molecule has 4 rings (SSSR count). The first-order chi connectivity index (χ1) is 14.3. The summed E-state index contributed by atoms with van der Waals surface area (Å²) in [5.41, 5.74) is 4.02. The minimum absolute atomic E-state index is 0.0281. The molecule has 1 aliphatic heterocycles. The molecule has 0 amide bonds. The van der Waals surface area contributed by atoms with Gasteiger partial charge >= 0.3 is 0 Å². The van der Waals surface area contributed by atoms with E-state index in [1.165, 1.54) is 6.26 Å². The molecule has 0 saturated carbocycles. The van der Waals surface area contributed by atoms with Crippen LogP contribution in [0.3, 0.4) is 0 Å². The number of sulfone groups is 1. The molecule has 6 nitrogen and oxygen atoms in total. The van der Waals surface area contributed by atoms with Gasteiger partial charge in [-0.3, -0.25) is 9.69 Å². The number of hydrogen-bond donors (Lipinski definition) is 1. The fraction of sp³-hybridized carbons (Fsp3) is 0.273. The third kappa shape index (κ3) is 4.80. The van der Waals surface area contributed by atoms with E-state index in [1.54, 1.807) is 24.3 Å². The van der Waals surface area contributed by atoms with E-state index in [9.17, 15) is 13.2 Å². The maximum absolute atomic E-state index is 12.8. The van der Waals surface area contributed by atoms with E-state index < -0.39 is 9.84 Å². The summed E-state index contributed by atoms with van der Waals surface area (Å²) in [6.07, 6.45) is 1.94. The molecule has 156 valence electrons. The summed E-state index contributed by atoms with van der Waals surface area (Å²) in [7, 11) is -3.15. The Morgan fingerprint density at radius 1 is 1.20 bits per heavy atom. The van der Waals surface area contributed by atoms with Gasteiger partial charge in [0, 0.05) is 36.9 Å². The molecule has 30 heavy (non-hydrogen) atoms. The van der Waals surface area contributed by atoms with Crippen molar-refractivity contribution in [1.29, 1.82) is 0 Å². The van der Waals surface area contributed by atoms with Crippen LogP contribution in [0, 0.1) is 0 Å². The van der Waals surface area contributed by atoms with Crippen LogP contribution in [-0.4, -0.2) is 48.4 Å². The summed E-state index contributed by atoms with van der Waals surface area (Å²) in [5.74, 6) is 0.645. The number of carbonyl (C=O) groups excluding carboxylic acids is 1. The zero-order valence-corrected chi connectivity index (χ0v) is 18.1. The third-order valence-corrected chi connectivity index (χ3v) is 6.27. The van der Waals surface area contributed by atoms with Gasteiger partial charge in [-0.25, -0.2) is 13.4 Å². The van der Waals surface area contributed by atoms with Crippen LogP contribution in [0.4, 0.5) is 0 Å². The first-order valence-corrected chi connectivity index (χ1v) is 12.1. The van der Waals surface area contributed by atoms with Crippen molar-refractivity contribution in [3.63, 3.8) is 0 Å². The van der Waals surface area contributed by atoms with Gasteiger partial charge in [-0.2, -0.15) is 0 Å². The molecule has 2 heterocycles. The number of ketones is 1. The van der Waals surface area contributed by atoms with Crippen molar-refractivity contribution < 1.29 is 13.2 Å². The van der Waals surface area contributed by atoms with Crippen molar-refractivity contribution in [2.24, 2.45) is 0 Å². The first-order valence-electron chi connectivity index (χ1n) is 9.63. The highest BCUT2D eigenvalue weighted by Crippen LogP contribution is 2.28. The SMILES string of the molecule is CS(=O)(=O)Cc1cccc(C(=O)CN2CCc3nc(-c4ccccc4Cl)[nH]c3C2)c1. The molecule has 2 aromatic carbocycles. The molecule has 0 fully saturated rings. The van der Waals surface area contributed by atoms with Crippen LogP contribution in [0.1, 0.15) is 27.3 Å². The second-order valence-electron chi connectivity index (χ2n) is 7.64. The van der Waals surface area contributed by atoms with Gasteiger partial charge in [0.1, 0.15) is 5.82 Å². The number of halogens is 1. The number of nitrogens with one attached hydrogen (secondary N) is 1. The van der Waals surface area contributed by atoms with Crippen molar-refractivity contribution in [1.82, 2.24) is 14.9 Å². The fourth-order valence-electron chi connectivity index (χ4n) is 3.70. The van der Waals surface area contributed by atoms with Crippen LogP contribution in [0.5, 0.6) is 0 Å². The van der Waals surface area contributed by atoms with Gasteiger partial charge < -0.3 is 4.98 Å². The van der Waals surface area contributed by atoms with E-state index >= 15 is 0 Å². The number of benzene rings is 2. The van der Waals surface area contributed by atoms with Gasteiger partial charge in [-0.1, -0.05) is 41.9 Å². The molecule has 0 unspecified atom stereocenters. The molecule has 0 atom stereocenters. The number of carbonyl (C=O) groups is 1. The Labute approximate surface area is 180 Å². The van der Waals surface area contributed by atoms with Crippen LogP contribution < -0.4 is 0 Å². The lowest BCUT2D eigenvalue weighted by Crippen LogP contribution is -2.35. The van der Waals surface area contributed by atoms with Gasteiger partial charge in [0.25, 0.3) is 0 Å². The third-order valence-electron chi connectivity index (χ3n) is 5.08. The standard InChI is InChI=1S/C22H22ClN3O3S/c1-30(28,29)14-15-5-4-6-16(11-15)21(27)13-26-10-9-19-20(12-26)25-22(24-19)17-7-2-3-8-18(17)23/h2-8,11H,9-10,12-14H2,1H3,(H,24,25). The molecule has 0 bridgehead atoms. The van der Waals surface area contributed by atoms with Crippen LogP contribution in [0.15, 0.2) is 48.5 Å². The van der Waals surface area contributed by atoms with E-state index in [1.807, 2.05) is 24.3 Å². The molecule has 0 spiro atoms. The monoisotopic (exact) mass is 443 g/mol. The summed E-state index contributed by atoms with van der Waals surface area (Å²) < 4.78 is 23.1. The van der Waals surface area contributed by atoms with E-state index in [2.05, 4.69) is 9.88 Å². The Hall–Kier alpha value is -2.48. The second kappa shape index (κ2) is 8.34. The first kappa shape index (κ1) is 20.8. The van der Waals surface area contributed by atoms with Crippen LogP contribution in [-0.2, 0) is 28.6 Å². The molecule has 3 aromatic rings. The number of aromatic nitrogens is 2. The average molecular weight is 444 g/mol. The van der Waals surface area contributed by atoms with Crippen LogP contribution in [0.25, 0.3) is 11.4 Å². The molecule has 0 aliphatic carbocycles. The predicted octanol–water partition coefficient (Wildman–Crippen LogP) is 3.52. The maximum Gasteiger partial charge on any atom is 0.176 e. The van der Waals surface area contributed by atoms with Crippen molar-refractivity contribution >= 4 is 27.2 Å². The normalized spacial score (nSPS) is 14.5. The van der Waals surface area contributed by atoms with E-state index in [4.69, 9.17) is 16.6 Å². The lowest BCUT2D eigenvalue weighted by atomic mass is 10.1. The Morgan fingerprint density at radius 2 is 2.00 bits per heavy atom. The lowest BCUT2D eigenvalue weighted by molar-refractivity contribution is 0.0920. The second-order valence-corrected chi connectivity index (χ2v) is 10.2. The van der Waals surface area contributed by atoms with E-state index in [0.717, 1.165) is 35.7 Å². The Balaban J connectivity index is 1.46. The molecule has 1 aromatic heterocycles. The molecule has 1 aliphatic rings. The van der Waals surface area contributed by atoms with Crippen molar-refractivity contribution in [2.75, 3.05) is 19.3 Å². The van der Waals surface area contributed by atoms with E-state index in [-0.39, 0.29) is 18.1 Å². The summed E-state index contributed by atoms with van der Waals surface area (Å²) in [6.45, 7) is 1.60. The van der Waals surface area contributed by atoms with Gasteiger partial charge in [-0.15, -0.1) is 0 Å². The number of imidazole rings is 1. The zero-order valence-electron chi connectivity index (χ0n) is 16.6. The van der Waals surface area contributed by atoms with Crippen LogP contribution >= 0.6 is 11.6 Å². The number of Topliss-reactive ketones (excluding diaryl/α,β-unsaturated/α-hetero) is 1. The highest BCUT2D eigenvalue weighted by molar-refractivity contribution is 7.89. The number of nitrogens with zero attached hydrogens (tertiary/aromatic N) is 2. The van der Waals surface area contributed by atoms with E-state index in [0.29, 0.717) is 22.7 Å². The molecule has 0 radical (unpaired) electrons. The molecular formula is C22H22ClN3O3S. The van der Waals surface area contributed by atoms with Gasteiger partial charge in [-0.05, 0) is 23.8 Å². The highest BCUT2D eigenvalue weighted by atomic mass is 35.5. The fourth-order valence-corrected chi connectivity index (χ4v) is 4.71. The minimum Gasteiger partial charge on any atom is -0.340 e. The highest BCUT2D eigenvalue weighted by Gasteiger charge is 2.23. The molecular weight excluding hydrogens is 422 g/mol. The van der Waals surface area contributed by atoms with Crippen molar-refractivity contribution in [2.45, 2.75) is 18.7 Å². The van der Waals surface area contributed by atoms with Gasteiger partial charge in [0.2, 0.25) is 0 Å². The molecule has 8 heteroatoms. The summed E-state index contributed by atoms with van der Waals surface area (Å²) in [4.78, 5) is 22.9. The average Bonchev–Trinajstić information content (AvgIpc) is 3.10. The minimum atomic E-state index is -3.15. The molecule has 1 N–H and O–H groups in total. The Bertz CT molecular complexity index is 1200. The Kier molecular flexibility index (Phi) is 5.77. The number of H-pyrrole nitrogens is 1. The van der Waals surface area contributed by atoms with Crippen molar-refractivity contribution in [3.8, 4) is 11.4 Å². The van der Waals surface area contributed by atoms with Gasteiger partial charge in [0.05, 0.1) is 28.7 Å². The Morgan fingerprint density at radius 3 is 2.77 bits per heavy atom. The zero-order chi connectivity index (χ0) is 21.3. The number of aromatic amines is 1. The maximum atomic E-state index is 12.8. The summed E-state index contributed by atoms with van der Waals surface area (Å²) >= 11 is 6.29. The topological polar surface area (TPSA) is 83.1 Å². The summed E-state index contributed by atoms with van der Waals surface area (Å²) in [6, 6.07) is 14.4. The smallest absolute Gasteiger partial charge is 0.176 e. The quantitative estimate of drug-likeness (QED) is 0.589. The largest absolute Gasteiger partial charge is 0.340 e. The number of hydrogen-bond acceptors (Lipinski definition) is 5. The summed E-state index contributed by atoms with van der Waals surface area (Å²) in [5, 5.41) is 0.643.